The number of hydrogen-bond donors (Lipinski definition) is 1. The molecule has 2 aromatic carbocycles. The van der Waals surface area contributed by atoms with E-state index in [2.05, 4.69) is 26.1 Å². The Morgan fingerprint density at radius 1 is 1.18 bits per heavy atom. The number of ether oxygens (including phenoxy) is 2. The van der Waals surface area contributed by atoms with Gasteiger partial charge in [-0.25, -0.2) is 0 Å². The largest absolute Gasteiger partial charge is 0.487 e. The molecule has 2 aromatic rings. The summed E-state index contributed by atoms with van der Waals surface area (Å²) in [4.78, 5) is 12.5. The predicted octanol–water partition coefficient (Wildman–Crippen LogP) is 5.09. The van der Waals surface area contributed by atoms with Gasteiger partial charge in [-0.3, -0.25) is 4.79 Å². The molecule has 150 valence electrons. The van der Waals surface area contributed by atoms with Gasteiger partial charge in [0.1, 0.15) is 17.1 Å². The maximum absolute atomic E-state index is 12.5. The fourth-order valence-corrected chi connectivity index (χ4v) is 3.52. The zero-order valence-corrected chi connectivity index (χ0v) is 17.8. The Kier molecular flexibility index (Phi) is 5.42. The van der Waals surface area contributed by atoms with Crippen LogP contribution in [0.2, 0.25) is 0 Å². The second-order valence-corrected chi connectivity index (χ2v) is 9.29. The van der Waals surface area contributed by atoms with E-state index < -0.39 is 0 Å². The lowest BCUT2D eigenvalue weighted by molar-refractivity contribution is -0.124. The Labute approximate surface area is 168 Å². The van der Waals surface area contributed by atoms with E-state index in [4.69, 9.17) is 9.47 Å². The van der Waals surface area contributed by atoms with Crippen molar-refractivity contribution in [3.63, 3.8) is 0 Å². The first-order valence-corrected chi connectivity index (χ1v) is 9.86. The quantitative estimate of drug-likeness (QED) is 0.802. The van der Waals surface area contributed by atoms with Gasteiger partial charge in [0.2, 0.25) is 0 Å². The summed E-state index contributed by atoms with van der Waals surface area (Å²) in [6.07, 6.45) is 0.717. The molecule has 1 unspecified atom stereocenters. The minimum Gasteiger partial charge on any atom is -0.487 e. The summed E-state index contributed by atoms with van der Waals surface area (Å²) in [5, 5.41) is 3.11. The third-order valence-corrected chi connectivity index (χ3v) is 5.05. The highest BCUT2D eigenvalue weighted by molar-refractivity contribution is 5.78. The van der Waals surface area contributed by atoms with E-state index in [-0.39, 0.29) is 29.6 Å². The summed E-state index contributed by atoms with van der Waals surface area (Å²) in [7, 11) is 0. The van der Waals surface area contributed by atoms with Crippen molar-refractivity contribution in [3.8, 4) is 11.5 Å². The van der Waals surface area contributed by atoms with E-state index in [0.717, 1.165) is 23.3 Å². The fraction of sp³-hybridized carbons (Fsp3) is 0.458. The van der Waals surface area contributed by atoms with Gasteiger partial charge in [-0.15, -0.1) is 0 Å². The molecule has 0 radical (unpaired) electrons. The van der Waals surface area contributed by atoms with Crippen LogP contribution in [0.4, 0.5) is 0 Å². The molecule has 0 fully saturated rings. The highest BCUT2D eigenvalue weighted by Gasteiger charge is 2.34. The van der Waals surface area contributed by atoms with Gasteiger partial charge in [0.05, 0.1) is 6.04 Å². The number of carbonyl (C=O) groups is 1. The highest BCUT2D eigenvalue weighted by atomic mass is 16.5. The molecule has 1 heterocycles. The highest BCUT2D eigenvalue weighted by Crippen LogP contribution is 2.39. The van der Waals surface area contributed by atoms with Gasteiger partial charge < -0.3 is 14.8 Å². The van der Waals surface area contributed by atoms with Crippen molar-refractivity contribution in [3.05, 3.63) is 59.2 Å². The number of nitrogens with one attached hydrogen (secondary N) is 1. The first-order chi connectivity index (χ1) is 13.0. The fourth-order valence-electron chi connectivity index (χ4n) is 3.52. The van der Waals surface area contributed by atoms with Gasteiger partial charge in [-0.2, -0.15) is 0 Å². The average Bonchev–Trinajstić information content (AvgIpc) is 2.58. The van der Waals surface area contributed by atoms with Gasteiger partial charge in [-0.05, 0) is 55.5 Å². The van der Waals surface area contributed by atoms with Crippen molar-refractivity contribution in [1.29, 1.82) is 0 Å². The Bertz CT molecular complexity index is 847. The lowest BCUT2D eigenvalue weighted by atomic mass is 9.87. The monoisotopic (exact) mass is 381 g/mol. The zero-order chi connectivity index (χ0) is 20.5. The third-order valence-electron chi connectivity index (χ3n) is 5.05. The topological polar surface area (TPSA) is 47.6 Å². The van der Waals surface area contributed by atoms with E-state index in [1.165, 1.54) is 5.56 Å². The number of carbonyl (C=O) groups excluding carboxylic acids is 1. The smallest absolute Gasteiger partial charge is 0.258 e. The van der Waals surface area contributed by atoms with Crippen molar-refractivity contribution in [2.45, 2.75) is 65.0 Å². The molecule has 28 heavy (non-hydrogen) atoms. The number of aryl methyl sites for hydroxylation is 1. The zero-order valence-electron chi connectivity index (χ0n) is 17.8. The molecule has 0 aromatic heterocycles. The van der Waals surface area contributed by atoms with Crippen molar-refractivity contribution in [1.82, 2.24) is 5.32 Å². The van der Waals surface area contributed by atoms with Crippen LogP contribution in [0, 0.1) is 6.92 Å². The van der Waals surface area contributed by atoms with Crippen LogP contribution in [0.5, 0.6) is 11.5 Å². The second kappa shape index (κ2) is 7.50. The number of benzene rings is 2. The summed E-state index contributed by atoms with van der Waals surface area (Å²) < 4.78 is 11.8. The standard InChI is InChI=1S/C24H31NO3/c1-16-7-12-19-20(14-24(5,6)28-21(19)13-16)25-22(26)15-27-18-10-8-17(9-11-18)23(2,3)4/h7-13,20H,14-15H2,1-6H3,(H,25,26). The van der Waals surface area contributed by atoms with Crippen LogP contribution in [0.25, 0.3) is 0 Å². The maximum Gasteiger partial charge on any atom is 0.258 e. The Morgan fingerprint density at radius 3 is 2.50 bits per heavy atom. The van der Waals surface area contributed by atoms with Crippen molar-refractivity contribution in [2.24, 2.45) is 0 Å². The van der Waals surface area contributed by atoms with Gasteiger partial charge in [0.15, 0.2) is 6.61 Å². The number of hydrogen-bond acceptors (Lipinski definition) is 3. The molecular weight excluding hydrogens is 350 g/mol. The molecule has 1 aliphatic rings. The van der Waals surface area contributed by atoms with Crippen LogP contribution in [0.3, 0.4) is 0 Å². The average molecular weight is 382 g/mol. The van der Waals surface area contributed by atoms with Crippen molar-refractivity contribution < 1.29 is 14.3 Å². The lowest BCUT2D eigenvalue weighted by Crippen LogP contribution is -2.42. The Morgan fingerprint density at radius 2 is 1.86 bits per heavy atom. The molecule has 0 aliphatic carbocycles. The molecule has 1 aliphatic heterocycles. The Hall–Kier alpha value is -2.49. The van der Waals surface area contributed by atoms with Gasteiger partial charge >= 0.3 is 0 Å². The number of amides is 1. The van der Waals surface area contributed by atoms with E-state index >= 15 is 0 Å². The first kappa shape index (κ1) is 20.2. The van der Waals surface area contributed by atoms with E-state index in [1.807, 2.05) is 63.2 Å². The molecule has 0 saturated heterocycles. The van der Waals surface area contributed by atoms with Crippen LogP contribution >= 0.6 is 0 Å². The van der Waals surface area contributed by atoms with Crippen LogP contribution in [0.1, 0.15) is 63.8 Å². The molecule has 1 N–H and O–H groups in total. The molecule has 4 heteroatoms. The summed E-state index contributed by atoms with van der Waals surface area (Å²) in [6.45, 7) is 12.6. The summed E-state index contributed by atoms with van der Waals surface area (Å²) in [6, 6.07) is 14.0. The predicted molar refractivity (Wildman–Crippen MR) is 112 cm³/mol. The summed E-state index contributed by atoms with van der Waals surface area (Å²) >= 11 is 0. The van der Waals surface area contributed by atoms with Crippen molar-refractivity contribution in [2.75, 3.05) is 6.61 Å². The molecular formula is C24H31NO3. The first-order valence-electron chi connectivity index (χ1n) is 9.86. The van der Waals surface area contributed by atoms with Crippen LogP contribution in [-0.4, -0.2) is 18.1 Å². The normalized spacial score (nSPS) is 18.0. The Balaban J connectivity index is 1.63. The van der Waals surface area contributed by atoms with Crippen LogP contribution < -0.4 is 14.8 Å². The van der Waals surface area contributed by atoms with Gasteiger partial charge in [-0.1, -0.05) is 45.0 Å². The number of fused-ring (bicyclic) bond motifs is 1. The molecule has 0 saturated carbocycles. The van der Waals surface area contributed by atoms with E-state index in [9.17, 15) is 4.79 Å². The lowest BCUT2D eigenvalue weighted by Gasteiger charge is -2.38. The third kappa shape index (κ3) is 4.86. The van der Waals surface area contributed by atoms with Crippen LogP contribution in [-0.2, 0) is 10.2 Å². The molecule has 1 amide bonds. The summed E-state index contributed by atoms with van der Waals surface area (Å²) in [5.41, 5.74) is 3.16. The van der Waals surface area contributed by atoms with Crippen LogP contribution in [0.15, 0.2) is 42.5 Å². The maximum atomic E-state index is 12.5. The molecule has 0 spiro atoms. The van der Waals surface area contributed by atoms with E-state index in [0.29, 0.717) is 5.75 Å². The molecule has 4 nitrogen and oxygen atoms in total. The second-order valence-electron chi connectivity index (χ2n) is 9.29. The number of rotatable bonds is 4. The molecule has 1 atom stereocenters. The minimum atomic E-state index is -0.331. The van der Waals surface area contributed by atoms with Gasteiger partial charge in [0, 0.05) is 12.0 Å². The van der Waals surface area contributed by atoms with Crippen molar-refractivity contribution >= 4 is 5.91 Å². The molecule has 0 bridgehead atoms. The van der Waals surface area contributed by atoms with Gasteiger partial charge in [0.25, 0.3) is 5.91 Å². The minimum absolute atomic E-state index is 0.00611. The van der Waals surface area contributed by atoms with E-state index in [1.54, 1.807) is 0 Å². The molecule has 3 rings (SSSR count). The summed E-state index contributed by atoms with van der Waals surface area (Å²) in [5.74, 6) is 1.42. The SMILES string of the molecule is Cc1ccc2c(c1)OC(C)(C)CC2NC(=O)COc1ccc(C(C)(C)C)cc1.